The minimum Gasteiger partial charge on any atom is -0.379 e. The Morgan fingerprint density at radius 2 is 0.432 bits per heavy atom. The van der Waals surface area contributed by atoms with Crippen LogP contribution >= 0.6 is 24.4 Å². The van der Waals surface area contributed by atoms with Gasteiger partial charge in [0.1, 0.15) is 0 Å². The molecule has 0 atom stereocenters. The first-order valence-electron chi connectivity index (χ1n) is 27.6. The number of hydrogen-bond acceptors (Lipinski definition) is 27. The van der Waals surface area contributed by atoms with Crippen LogP contribution in [0.4, 0.5) is 0 Å². The maximum atomic E-state index is 10.8. The number of thioether (sulfide) groups is 1. The van der Waals surface area contributed by atoms with Gasteiger partial charge in [0.05, 0.1) is 291 Å². The minimum atomic E-state index is 0.103. The van der Waals surface area contributed by atoms with Crippen molar-refractivity contribution in [1.29, 1.82) is 0 Å². The molecular formula is C50H100N6O23S2. The zero-order valence-corrected chi connectivity index (χ0v) is 50.1. The summed E-state index contributed by atoms with van der Waals surface area (Å²) < 4.78 is 119. The summed E-state index contributed by atoms with van der Waals surface area (Å²) in [6.45, 7) is 24.3. The van der Waals surface area contributed by atoms with Gasteiger partial charge in [-0.05, 0) is 11.1 Å². The number of hydrogen-bond donors (Lipinski definition) is 1. The predicted octanol–water partition coefficient (Wildman–Crippen LogP) is 3.17. The second kappa shape index (κ2) is 80.2. The van der Waals surface area contributed by atoms with Gasteiger partial charge in [0, 0.05) is 41.3 Å². The minimum absolute atomic E-state index is 0.103. The highest BCUT2D eigenvalue weighted by atomic mass is 32.2. The Hall–Kier alpha value is -1.89. The van der Waals surface area contributed by atoms with Crippen LogP contribution in [0.2, 0.25) is 0 Å². The quantitative estimate of drug-likeness (QED) is 0.0300. The van der Waals surface area contributed by atoms with E-state index in [4.69, 9.17) is 115 Å². The van der Waals surface area contributed by atoms with Crippen molar-refractivity contribution in [3.05, 3.63) is 20.9 Å². The number of ether oxygens (including phenoxy) is 22. The highest BCUT2D eigenvalue weighted by molar-refractivity contribution is 8.13. The van der Waals surface area contributed by atoms with Gasteiger partial charge in [0.15, 0.2) is 5.12 Å². The number of carbonyl (C=O) groups excluding carboxylic acids is 1. The van der Waals surface area contributed by atoms with Gasteiger partial charge in [-0.1, -0.05) is 22.0 Å². The largest absolute Gasteiger partial charge is 0.379 e. The van der Waals surface area contributed by atoms with Crippen LogP contribution in [0.1, 0.15) is 6.92 Å². The Kier molecular flexibility index (Phi) is 80.3. The highest BCUT2D eigenvalue weighted by Gasteiger charge is 2.00. The van der Waals surface area contributed by atoms with Crippen molar-refractivity contribution < 1.29 is 109 Å². The molecule has 0 bridgehead atoms. The fourth-order valence-corrected chi connectivity index (χ4v) is 5.83. The van der Waals surface area contributed by atoms with Crippen LogP contribution in [0, 0.1) is 0 Å². The van der Waals surface area contributed by atoms with Crippen molar-refractivity contribution in [2.75, 3.05) is 315 Å². The Labute approximate surface area is 490 Å². The fourth-order valence-electron chi connectivity index (χ4n) is 5.21. The molecule has 0 saturated heterocycles. The third-order valence-corrected chi connectivity index (χ3v) is 9.97. The third-order valence-electron chi connectivity index (χ3n) is 9.01. The molecule has 0 aliphatic carbocycles. The molecule has 0 aromatic heterocycles. The lowest BCUT2D eigenvalue weighted by atomic mass is 10.6. The molecule has 0 spiro atoms. The van der Waals surface area contributed by atoms with Crippen LogP contribution in [0.25, 0.3) is 20.9 Å². The van der Waals surface area contributed by atoms with Crippen molar-refractivity contribution >= 4 is 29.5 Å². The van der Waals surface area contributed by atoms with E-state index in [-0.39, 0.29) is 5.12 Å². The number of nitrogens with zero attached hydrogens (tertiary/aromatic N) is 6. The van der Waals surface area contributed by atoms with Crippen molar-refractivity contribution in [2.45, 2.75) is 6.92 Å². The maximum absolute atomic E-state index is 10.8. The first kappa shape index (κ1) is 81.2. The summed E-state index contributed by atoms with van der Waals surface area (Å²) in [6.07, 6.45) is 0. The standard InChI is InChI=1S/C26H51N3O12S.C24H49N3O11S/c1-26(30)42-25-24-41-23-22-40-21-20-39-19-18-38-17-16-37-15-14-36-13-12-35-11-10-34-9-8-33-7-6-32-5-4-31-3-2-28-29-27;25-27-26-1-2-28-3-4-29-5-6-30-7-8-31-9-10-32-11-12-33-13-14-34-15-16-35-17-18-36-19-20-37-21-22-38-23-24-39/h2-25H2,1H3;39H,1-24H2. The van der Waals surface area contributed by atoms with Gasteiger partial charge in [-0.3, -0.25) is 4.79 Å². The Morgan fingerprint density at radius 3 is 0.580 bits per heavy atom. The molecule has 0 fully saturated rings. The van der Waals surface area contributed by atoms with Crippen LogP contribution in [0.15, 0.2) is 10.2 Å². The third kappa shape index (κ3) is 84.7. The van der Waals surface area contributed by atoms with Crippen molar-refractivity contribution in [1.82, 2.24) is 0 Å². The molecule has 480 valence electrons. The Bertz CT molecular complexity index is 1270. The number of thiol groups is 1. The van der Waals surface area contributed by atoms with E-state index in [0.717, 1.165) is 5.75 Å². The summed E-state index contributed by atoms with van der Waals surface area (Å²) in [5.41, 5.74) is 16.2. The Balaban J connectivity index is 0. The van der Waals surface area contributed by atoms with E-state index in [2.05, 4.69) is 32.7 Å². The summed E-state index contributed by atoms with van der Waals surface area (Å²) >= 11 is 5.32. The smallest absolute Gasteiger partial charge is 0.185 e. The van der Waals surface area contributed by atoms with E-state index in [1.165, 1.54) is 11.8 Å². The van der Waals surface area contributed by atoms with E-state index >= 15 is 0 Å². The van der Waals surface area contributed by atoms with Crippen molar-refractivity contribution in [3.8, 4) is 0 Å². The molecule has 0 N–H and O–H groups in total. The van der Waals surface area contributed by atoms with Crippen LogP contribution in [-0.2, 0) is 109 Å². The summed E-state index contributed by atoms with van der Waals surface area (Å²) in [7, 11) is 0. The van der Waals surface area contributed by atoms with Gasteiger partial charge in [-0.15, -0.1) is 0 Å². The molecule has 0 aromatic rings. The molecule has 0 radical (unpaired) electrons. The van der Waals surface area contributed by atoms with E-state index < -0.39 is 0 Å². The molecule has 0 rings (SSSR count). The SMILES string of the molecule is CC(=O)SCCOCCOCCOCCOCCOCCOCCOCCOCCOCCOCCOCCN=[N+]=[N-].[N-]=[N+]=NCCOCCOCCOCCOCCOCCOCCOCCOCCOCCOCCOCCS. The Morgan fingerprint density at radius 1 is 0.284 bits per heavy atom. The van der Waals surface area contributed by atoms with Gasteiger partial charge in [0.25, 0.3) is 0 Å². The second-order valence-corrected chi connectivity index (χ2v) is 17.2. The number of rotatable bonds is 71. The van der Waals surface area contributed by atoms with Gasteiger partial charge < -0.3 is 104 Å². The van der Waals surface area contributed by atoms with Crippen molar-refractivity contribution in [2.24, 2.45) is 10.2 Å². The predicted molar refractivity (Wildman–Crippen MR) is 303 cm³/mol. The first-order chi connectivity index (χ1) is 40.2. The molecule has 0 aliphatic heterocycles. The molecule has 0 heterocycles. The van der Waals surface area contributed by atoms with Gasteiger partial charge in [0.2, 0.25) is 0 Å². The van der Waals surface area contributed by atoms with Crippen LogP contribution < -0.4 is 0 Å². The lowest BCUT2D eigenvalue weighted by Gasteiger charge is -2.09. The van der Waals surface area contributed by atoms with Crippen LogP contribution in [0.5, 0.6) is 0 Å². The first-order valence-corrected chi connectivity index (χ1v) is 29.3. The monoisotopic (exact) mass is 1220 g/mol. The van der Waals surface area contributed by atoms with Gasteiger partial charge in [-0.25, -0.2) is 0 Å². The molecule has 0 saturated carbocycles. The molecule has 0 unspecified atom stereocenters. The van der Waals surface area contributed by atoms with E-state index in [9.17, 15) is 4.79 Å². The van der Waals surface area contributed by atoms with Crippen molar-refractivity contribution in [3.63, 3.8) is 0 Å². The van der Waals surface area contributed by atoms with E-state index in [1.54, 1.807) is 6.92 Å². The maximum Gasteiger partial charge on any atom is 0.185 e. The van der Waals surface area contributed by atoms with E-state index in [1.807, 2.05) is 0 Å². The molecule has 81 heavy (non-hydrogen) atoms. The summed E-state index contributed by atoms with van der Waals surface area (Å²) in [4.78, 5) is 16.0. The molecule has 29 nitrogen and oxygen atoms in total. The average Bonchev–Trinajstić information content (AvgIpc) is 3.47. The summed E-state index contributed by atoms with van der Waals surface area (Å²) in [5.74, 6) is 1.39. The van der Waals surface area contributed by atoms with Gasteiger partial charge in [-0.2, -0.15) is 12.6 Å². The highest BCUT2D eigenvalue weighted by Crippen LogP contribution is 2.00. The zero-order chi connectivity index (χ0) is 58.6. The lowest BCUT2D eigenvalue weighted by molar-refractivity contribution is -0.109. The molecular weight excluding hydrogens is 1120 g/mol. The summed E-state index contributed by atoms with van der Waals surface area (Å²) in [6, 6.07) is 0. The van der Waals surface area contributed by atoms with E-state index in [0.29, 0.717) is 310 Å². The fraction of sp³-hybridized carbons (Fsp3) is 0.980. The molecule has 0 aliphatic rings. The normalized spacial score (nSPS) is 11.2. The lowest BCUT2D eigenvalue weighted by Crippen LogP contribution is -2.15. The topological polar surface area (TPSA) is 318 Å². The number of azide groups is 2. The summed E-state index contributed by atoms with van der Waals surface area (Å²) in [5, 5.41) is 6.84. The molecule has 0 aromatic carbocycles. The zero-order valence-electron chi connectivity index (χ0n) is 48.4. The molecule has 0 amide bonds. The van der Waals surface area contributed by atoms with Gasteiger partial charge >= 0.3 is 0 Å². The van der Waals surface area contributed by atoms with Crippen LogP contribution in [-0.4, -0.2) is 320 Å². The van der Waals surface area contributed by atoms with Crippen LogP contribution in [0.3, 0.4) is 0 Å². The average molecular weight is 1220 g/mol. The molecule has 31 heteroatoms. The second-order valence-electron chi connectivity index (χ2n) is 15.4. The number of carbonyl (C=O) groups is 1.